The summed E-state index contributed by atoms with van der Waals surface area (Å²) in [6.45, 7) is 1.39. The molecule has 0 radical (unpaired) electrons. The molecule has 2 rings (SSSR count). The van der Waals surface area contributed by atoms with Crippen molar-refractivity contribution in [2.24, 2.45) is 0 Å². The molecular weight excluding hydrogens is 242 g/mol. The Morgan fingerprint density at radius 2 is 2.21 bits per heavy atom. The first-order valence-corrected chi connectivity index (χ1v) is 6.60. The molecular formula is C14H21N3O2. The molecule has 0 aliphatic carbocycles. The van der Waals surface area contributed by atoms with Crippen molar-refractivity contribution in [3.63, 3.8) is 0 Å². The van der Waals surface area contributed by atoms with Crippen LogP contribution in [0.1, 0.15) is 29.6 Å². The van der Waals surface area contributed by atoms with Crippen molar-refractivity contribution in [2.75, 3.05) is 31.7 Å². The molecule has 1 atom stereocenters. The van der Waals surface area contributed by atoms with E-state index >= 15 is 0 Å². The number of nitrogens with zero attached hydrogens (tertiary/aromatic N) is 1. The maximum atomic E-state index is 12.3. The summed E-state index contributed by atoms with van der Waals surface area (Å²) >= 11 is 0. The Kier molecular flexibility index (Phi) is 4.27. The fraction of sp³-hybridized carbons (Fsp3) is 0.500. The minimum Gasteiger partial charge on any atom is -0.399 e. The summed E-state index contributed by atoms with van der Waals surface area (Å²) in [5.74, 6) is -0.0910. The predicted molar refractivity (Wildman–Crippen MR) is 75.8 cm³/mol. The molecule has 1 heterocycles. The van der Waals surface area contributed by atoms with Gasteiger partial charge in [-0.2, -0.15) is 0 Å². The molecule has 4 N–H and O–H groups in total. The Balaban J connectivity index is 2.01. The Hall–Kier alpha value is -1.75. The Morgan fingerprint density at radius 3 is 2.84 bits per heavy atom. The Labute approximate surface area is 113 Å². The van der Waals surface area contributed by atoms with Crippen LogP contribution in [0, 0.1) is 0 Å². The predicted octanol–water partition coefficient (Wildman–Crippen LogP) is 1.49. The SMILES string of the molecule is CN(CC1CCCCO1)C(=O)c1ccc(N)cc1N. The van der Waals surface area contributed by atoms with Crippen molar-refractivity contribution in [3.8, 4) is 0 Å². The largest absolute Gasteiger partial charge is 0.399 e. The maximum Gasteiger partial charge on any atom is 0.255 e. The number of anilines is 2. The normalized spacial score (nSPS) is 19.1. The summed E-state index contributed by atoms with van der Waals surface area (Å²) < 4.78 is 5.64. The number of amides is 1. The smallest absolute Gasteiger partial charge is 0.255 e. The lowest BCUT2D eigenvalue weighted by Gasteiger charge is -2.27. The highest BCUT2D eigenvalue weighted by atomic mass is 16.5. The van der Waals surface area contributed by atoms with Crippen LogP contribution in [0.5, 0.6) is 0 Å². The number of carbonyl (C=O) groups is 1. The summed E-state index contributed by atoms with van der Waals surface area (Å²) in [5.41, 5.74) is 12.9. The lowest BCUT2D eigenvalue weighted by Crippen LogP contribution is -2.37. The molecule has 0 saturated carbocycles. The number of ether oxygens (including phenoxy) is 1. The highest BCUT2D eigenvalue weighted by Crippen LogP contribution is 2.19. The number of hydrogen-bond donors (Lipinski definition) is 2. The van der Waals surface area contributed by atoms with Gasteiger partial charge in [0.25, 0.3) is 5.91 Å². The molecule has 1 aromatic carbocycles. The summed E-state index contributed by atoms with van der Waals surface area (Å²) in [6, 6.07) is 4.97. The highest BCUT2D eigenvalue weighted by molar-refractivity contribution is 5.99. The van der Waals surface area contributed by atoms with Gasteiger partial charge in [-0.05, 0) is 37.5 Å². The van der Waals surface area contributed by atoms with Gasteiger partial charge in [0.05, 0.1) is 11.7 Å². The van der Waals surface area contributed by atoms with Crippen molar-refractivity contribution < 1.29 is 9.53 Å². The molecule has 1 aromatic rings. The van der Waals surface area contributed by atoms with Gasteiger partial charge in [-0.25, -0.2) is 0 Å². The second-order valence-electron chi connectivity index (χ2n) is 5.02. The number of nitrogen functional groups attached to an aromatic ring is 2. The van der Waals surface area contributed by atoms with Crippen LogP contribution in [-0.2, 0) is 4.74 Å². The Bertz CT molecular complexity index is 456. The van der Waals surface area contributed by atoms with E-state index in [1.807, 2.05) is 0 Å². The zero-order chi connectivity index (χ0) is 13.8. The van der Waals surface area contributed by atoms with E-state index in [9.17, 15) is 4.79 Å². The van der Waals surface area contributed by atoms with Gasteiger partial charge in [0.1, 0.15) is 0 Å². The lowest BCUT2D eigenvalue weighted by atomic mass is 10.1. The summed E-state index contributed by atoms with van der Waals surface area (Å²) in [6.07, 6.45) is 3.42. The monoisotopic (exact) mass is 263 g/mol. The van der Waals surface area contributed by atoms with Crippen molar-refractivity contribution in [1.29, 1.82) is 0 Å². The topological polar surface area (TPSA) is 81.6 Å². The third-order valence-electron chi connectivity index (χ3n) is 3.40. The Morgan fingerprint density at radius 1 is 1.42 bits per heavy atom. The fourth-order valence-electron chi connectivity index (χ4n) is 2.32. The number of likely N-dealkylation sites (N-methyl/N-ethyl adjacent to an activating group) is 1. The van der Waals surface area contributed by atoms with Crippen LogP contribution in [0.4, 0.5) is 11.4 Å². The van der Waals surface area contributed by atoms with Gasteiger partial charge < -0.3 is 21.1 Å². The van der Waals surface area contributed by atoms with Crippen LogP contribution in [0.25, 0.3) is 0 Å². The standard InChI is InChI=1S/C14H21N3O2/c1-17(9-11-4-2-3-7-19-11)14(18)12-6-5-10(15)8-13(12)16/h5-6,8,11H,2-4,7,9,15-16H2,1H3. The van der Waals surface area contributed by atoms with Gasteiger partial charge in [0.15, 0.2) is 0 Å². The van der Waals surface area contributed by atoms with Gasteiger partial charge in [-0.1, -0.05) is 0 Å². The first kappa shape index (κ1) is 13.7. The van der Waals surface area contributed by atoms with E-state index in [1.165, 1.54) is 0 Å². The summed E-state index contributed by atoms with van der Waals surface area (Å²) in [7, 11) is 1.77. The molecule has 1 saturated heterocycles. The van der Waals surface area contributed by atoms with Crippen LogP contribution in [0.3, 0.4) is 0 Å². The summed E-state index contributed by atoms with van der Waals surface area (Å²) in [5, 5.41) is 0. The first-order valence-electron chi connectivity index (χ1n) is 6.60. The average molecular weight is 263 g/mol. The van der Waals surface area contributed by atoms with Crippen molar-refractivity contribution >= 4 is 17.3 Å². The van der Waals surface area contributed by atoms with E-state index in [1.54, 1.807) is 30.1 Å². The molecule has 1 aliphatic rings. The number of nitrogens with two attached hydrogens (primary N) is 2. The molecule has 1 amide bonds. The van der Waals surface area contributed by atoms with Crippen LogP contribution < -0.4 is 11.5 Å². The molecule has 0 spiro atoms. The van der Waals surface area contributed by atoms with E-state index in [4.69, 9.17) is 16.2 Å². The van der Waals surface area contributed by atoms with Crippen LogP contribution in [0.2, 0.25) is 0 Å². The average Bonchev–Trinajstić information content (AvgIpc) is 2.39. The van der Waals surface area contributed by atoms with Crippen LogP contribution in [0.15, 0.2) is 18.2 Å². The number of carbonyl (C=O) groups excluding carboxylic acids is 1. The molecule has 5 heteroatoms. The molecule has 0 aromatic heterocycles. The quantitative estimate of drug-likeness (QED) is 0.810. The molecule has 0 bridgehead atoms. The summed E-state index contributed by atoms with van der Waals surface area (Å²) in [4.78, 5) is 14.0. The van der Waals surface area contributed by atoms with E-state index in [0.29, 0.717) is 23.5 Å². The zero-order valence-electron chi connectivity index (χ0n) is 11.3. The van der Waals surface area contributed by atoms with E-state index in [-0.39, 0.29) is 12.0 Å². The molecule has 1 unspecified atom stereocenters. The second-order valence-corrected chi connectivity index (χ2v) is 5.02. The minimum atomic E-state index is -0.0910. The van der Waals surface area contributed by atoms with Crippen molar-refractivity contribution in [3.05, 3.63) is 23.8 Å². The number of benzene rings is 1. The second kappa shape index (κ2) is 5.93. The van der Waals surface area contributed by atoms with Gasteiger partial charge >= 0.3 is 0 Å². The van der Waals surface area contributed by atoms with Gasteiger partial charge in [0.2, 0.25) is 0 Å². The first-order chi connectivity index (χ1) is 9.08. The zero-order valence-corrected chi connectivity index (χ0v) is 11.3. The molecule has 1 fully saturated rings. The highest BCUT2D eigenvalue weighted by Gasteiger charge is 2.20. The molecule has 5 nitrogen and oxygen atoms in total. The fourth-order valence-corrected chi connectivity index (χ4v) is 2.32. The number of hydrogen-bond acceptors (Lipinski definition) is 4. The molecule has 104 valence electrons. The minimum absolute atomic E-state index is 0.0910. The van der Waals surface area contributed by atoms with Gasteiger partial charge in [-0.15, -0.1) is 0 Å². The molecule has 19 heavy (non-hydrogen) atoms. The molecule has 1 aliphatic heterocycles. The number of rotatable bonds is 3. The van der Waals surface area contributed by atoms with Crippen LogP contribution >= 0.6 is 0 Å². The van der Waals surface area contributed by atoms with Crippen molar-refractivity contribution in [2.45, 2.75) is 25.4 Å². The van der Waals surface area contributed by atoms with Crippen molar-refractivity contribution in [1.82, 2.24) is 4.90 Å². The third kappa shape index (κ3) is 3.38. The van der Waals surface area contributed by atoms with E-state index in [2.05, 4.69) is 0 Å². The van der Waals surface area contributed by atoms with Gasteiger partial charge in [-0.3, -0.25) is 4.79 Å². The lowest BCUT2D eigenvalue weighted by molar-refractivity contribution is -0.000169. The maximum absolute atomic E-state index is 12.3. The third-order valence-corrected chi connectivity index (χ3v) is 3.40. The van der Waals surface area contributed by atoms with Gasteiger partial charge in [0, 0.05) is 31.6 Å². The van der Waals surface area contributed by atoms with E-state index < -0.39 is 0 Å². The van der Waals surface area contributed by atoms with Crippen LogP contribution in [-0.4, -0.2) is 37.1 Å². The van der Waals surface area contributed by atoms with E-state index in [0.717, 1.165) is 25.9 Å².